The monoisotopic (exact) mass is 576 g/mol. The Balaban J connectivity index is 1.45. The fourth-order valence-electron chi connectivity index (χ4n) is 4.95. The maximum absolute atomic E-state index is 13.6. The van der Waals surface area contributed by atoms with Crippen molar-refractivity contribution in [3.05, 3.63) is 87.8 Å². The number of carbonyl (C=O) groups excluding carboxylic acids is 2. The quantitative estimate of drug-likeness (QED) is 0.349. The summed E-state index contributed by atoms with van der Waals surface area (Å²) in [5.41, 5.74) is 9.45. The average molecular weight is 577 g/mol. The van der Waals surface area contributed by atoms with E-state index in [2.05, 4.69) is 21.6 Å². The predicted molar refractivity (Wildman–Crippen MR) is 154 cm³/mol. The molecule has 2 aromatic carbocycles. The highest BCUT2D eigenvalue weighted by molar-refractivity contribution is 8.01. The van der Waals surface area contributed by atoms with Crippen molar-refractivity contribution in [1.29, 1.82) is 5.26 Å². The van der Waals surface area contributed by atoms with Gasteiger partial charge in [0.05, 0.1) is 23.3 Å². The lowest BCUT2D eigenvalue weighted by molar-refractivity contribution is -0.118. The Kier molecular flexibility index (Phi) is 7.49. The molecular weight excluding hydrogens is 552 g/mol. The van der Waals surface area contributed by atoms with E-state index in [9.17, 15) is 14.9 Å². The average Bonchev–Trinajstić information content (AvgIpc) is 3.35. The van der Waals surface area contributed by atoms with Crippen LogP contribution in [0.15, 0.2) is 81.6 Å². The van der Waals surface area contributed by atoms with Crippen LogP contribution in [0.25, 0.3) is 0 Å². The highest BCUT2D eigenvalue weighted by Crippen LogP contribution is 2.50. The molecule has 2 heterocycles. The van der Waals surface area contributed by atoms with E-state index in [0.717, 1.165) is 11.3 Å². The molecule has 1 unspecified atom stereocenters. The number of rotatable bonds is 6. The smallest absolute Gasteiger partial charge is 0.234 e. The van der Waals surface area contributed by atoms with Crippen molar-refractivity contribution < 1.29 is 9.59 Å². The number of Topliss-reactive ketones (excluding diaryl/α,β-unsaturated/α-hetero) is 1. The van der Waals surface area contributed by atoms with Crippen LogP contribution in [0.2, 0.25) is 5.02 Å². The van der Waals surface area contributed by atoms with Gasteiger partial charge in [0.25, 0.3) is 0 Å². The molecule has 0 fully saturated rings. The van der Waals surface area contributed by atoms with Gasteiger partial charge in [-0.1, -0.05) is 84.9 Å². The second kappa shape index (κ2) is 10.8. The number of hydrogen-bond acceptors (Lipinski definition) is 9. The standard InChI is InChI=1S/C28H25ClN6O2S2/c1-28(2)12-20-24(21(36)13-28)23(16-7-4-3-5-8-16)19(14-30)25(31)35(20)26-33-34-27(39-26)38-15-22(37)32-18-10-6-9-17(29)11-18/h3-11,23H,12-13,15,31H2,1-2H3,(H,32,37). The molecule has 0 saturated carbocycles. The third-order valence-corrected chi connectivity index (χ3v) is 8.81. The first kappa shape index (κ1) is 26.9. The van der Waals surface area contributed by atoms with Crippen LogP contribution >= 0.6 is 34.7 Å². The van der Waals surface area contributed by atoms with Gasteiger partial charge in [-0.2, -0.15) is 5.26 Å². The summed E-state index contributed by atoms with van der Waals surface area (Å²) < 4.78 is 0.561. The molecule has 1 amide bonds. The molecule has 2 aliphatic rings. The van der Waals surface area contributed by atoms with Gasteiger partial charge in [0.15, 0.2) is 10.1 Å². The molecule has 0 bridgehead atoms. The number of halogens is 1. The number of hydrogen-bond donors (Lipinski definition) is 2. The summed E-state index contributed by atoms with van der Waals surface area (Å²) in [6.45, 7) is 4.09. The number of benzene rings is 2. The molecule has 1 aromatic heterocycles. The topological polar surface area (TPSA) is 125 Å². The van der Waals surface area contributed by atoms with Gasteiger partial charge in [-0.3, -0.25) is 14.5 Å². The van der Waals surface area contributed by atoms with Crippen LogP contribution in [0, 0.1) is 16.7 Å². The Hall–Kier alpha value is -3.65. The molecule has 11 heteroatoms. The summed E-state index contributed by atoms with van der Waals surface area (Å²) in [4.78, 5) is 27.8. The minimum absolute atomic E-state index is 0.00264. The van der Waals surface area contributed by atoms with E-state index < -0.39 is 5.92 Å². The van der Waals surface area contributed by atoms with Gasteiger partial charge in [0, 0.05) is 28.4 Å². The predicted octanol–water partition coefficient (Wildman–Crippen LogP) is 5.86. The number of anilines is 2. The van der Waals surface area contributed by atoms with E-state index in [1.54, 1.807) is 29.2 Å². The van der Waals surface area contributed by atoms with Crippen LogP contribution in [0.5, 0.6) is 0 Å². The van der Waals surface area contributed by atoms with Gasteiger partial charge in [-0.05, 0) is 35.6 Å². The van der Waals surface area contributed by atoms with E-state index in [-0.39, 0.29) is 28.7 Å². The number of nitrogens with one attached hydrogen (secondary N) is 1. The first-order chi connectivity index (χ1) is 18.7. The number of nitrogens with two attached hydrogens (primary N) is 1. The van der Waals surface area contributed by atoms with Crippen LogP contribution in [-0.4, -0.2) is 27.6 Å². The van der Waals surface area contributed by atoms with E-state index in [1.165, 1.54) is 23.1 Å². The number of ketones is 1. The number of amides is 1. The second-order valence-electron chi connectivity index (χ2n) is 10.1. The van der Waals surface area contributed by atoms with Crippen molar-refractivity contribution in [3.8, 4) is 6.07 Å². The van der Waals surface area contributed by atoms with Crippen molar-refractivity contribution in [2.24, 2.45) is 11.1 Å². The zero-order valence-electron chi connectivity index (χ0n) is 21.3. The lowest BCUT2D eigenvalue weighted by Gasteiger charge is -2.42. The summed E-state index contributed by atoms with van der Waals surface area (Å²) in [5.74, 6) is -0.397. The summed E-state index contributed by atoms with van der Waals surface area (Å²) in [6.07, 6.45) is 0.960. The third kappa shape index (κ3) is 5.57. The van der Waals surface area contributed by atoms with Crippen molar-refractivity contribution in [2.45, 2.75) is 36.9 Å². The van der Waals surface area contributed by atoms with Crippen molar-refractivity contribution in [1.82, 2.24) is 10.2 Å². The molecule has 1 aliphatic carbocycles. The Morgan fingerprint density at radius 3 is 2.72 bits per heavy atom. The van der Waals surface area contributed by atoms with Crippen LogP contribution in [0.1, 0.15) is 38.2 Å². The molecule has 0 radical (unpaired) electrons. The highest BCUT2D eigenvalue weighted by Gasteiger charge is 2.45. The summed E-state index contributed by atoms with van der Waals surface area (Å²) in [5, 5.41) is 22.6. The minimum Gasteiger partial charge on any atom is -0.384 e. The Morgan fingerprint density at radius 1 is 1.23 bits per heavy atom. The van der Waals surface area contributed by atoms with E-state index in [4.69, 9.17) is 17.3 Å². The summed E-state index contributed by atoms with van der Waals surface area (Å²) >= 11 is 8.49. The normalized spacial score (nSPS) is 18.6. The van der Waals surface area contributed by atoms with Crippen molar-refractivity contribution in [2.75, 3.05) is 16.0 Å². The van der Waals surface area contributed by atoms with Gasteiger partial charge in [-0.25, -0.2) is 0 Å². The van der Waals surface area contributed by atoms with Crippen LogP contribution in [0.3, 0.4) is 0 Å². The van der Waals surface area contributed by atoms with Crippen molar-refractivity contribution in [3.63, 3.8) is 0 Å². The molecule has 1 atom stereocenters. The minimum atomic E-state index is -0.539. The fourth-order valence-corrected chi connectivity index (χ4v) is 6.82. The second-order valence-corrected chi connectivity index (χ2v) is 12.7. The van der Waals surface area contributed by atoms with Gasteiger partial charge in [0.1, 0.15) is 5.82 Å². The van der Waals surface area contributed by atoms with Gasteiger partial charge in [-0.15, -0.1) is 10.2 Å². The first-order valence-electron chi connectivity index (χ1n) is 12.2. The molecule has 3 aromatic rings. The number of aromatic nitrogens is 2. The molecule has 0 saturated heterocycles. The zero-order valence-corrected chi connectivity index (χ0v) is 23.7. The molecule has 8 nitrogen and oxygen atoms in total. The van der Waals surface area contributed by atoms with Crippen LogP contribution in [0.4, 0.5) is 10.8 Å². The lowest BCUT2D eigenvalue weighted by atomic mass is 9.69. The number of nitriles is 1. The molecule has 198 valence electrons. The molecule has 39 heavy (non-hydrogen) atoms. The number of carbonyl (C=O) groups is 2. The van der Waals surface area contributed by atoms with Gasteiger partial charge in [0.2, 0.25) is 11.0 Å². The maximum Gasteiger partial charge on any atom is 0.234 e. The first-order valence-corrected chi connectivity index (χ1v) is 14.4. The Labute approximate surface area is 239 Å². The maximum atomic E-state index is 13.6. The Bertz CT molecular complexity index is 1560. The van der Waals surface area contributed by atoms with Gasteiger partial charge < -0.3 is 11.1 Å². The van der Waals surface area contributed by atoms with Gasteiger partial charge >= 0.3 is 0 Å². The fraction of sp³-hybridized carbons (Fsp3) is 0.250. The third-order valence-electron chi connectivity index (χ3n) is 6.54. The molecular formula is C28H25ClN6O2S2. The largest absolute Gasteiger partial charge is 0.384 e. The van der Waals surface area contributed by atoms with Crippen LogP contribution < -0.4 is 16.0 Å². The zero-order chi connectivity index (χ0) is 27.7. The highest BCUT2D eigenvalue weighted by atomic mass is 35.5. The summed E-state index contributed by atoms with van der Waals surface area (Å²) in [7, 11) is 0. The SMILES string of the molecule is CC1(C)CC(=O)C2=C(C1)N(c1nnc(SCC(=O)Nc3cccc(Cl)c3)s1)C(N)=C(C#N)C2c1ccccc1. The van der Waals surface area contributed by atoms with Crippen LogP contribution in [-0.2, 0) is 9.59 Å². The number of thioether (sulfide) groups is 1. The molecule has 5 rings (SSSR count). The lowest BCUT2D eigenvalue weighted by Crippen LogP contribution is -2.42. The molecule has 1 aliphatic heterocycles. The molecule has 3 N–H and O–H groups in total. The number of allylic oxidation sites excluding steroid dienone is 3. The number of nitrogens with zero attached hydrogens (tertiary/aromatic N) is 4. The van der Waals surface area contributed by atoms with Crippen molar-refractivity contribution >= 4 is 57.2 Å². The summed E-state index contributed by atoms with van der Waals surface area (Å²) in [6, 6.07) is 18.7. The van der Waals surface area contributed by atoms with E-state index >= 15 is 0 Å². The van der Waals surface area contributed by atoms with E-state index in [0.29, 0.717) is 44.2 Å². The molecule has 0 spiro atoms. The Morgan fingerprint density at radius 2 is 2.00 bits per heavy atom. The van der Waals surface area contributed by atoms with E-state index in [1.807, 2.05) is 44.2 Å².